The minimum absolute atomic E-state index is 0.0641. The molecule has 1 heterocycles. The number of ether oxygens (including phenoxy) is 3. The molecule has 1 saturated heterocycles. The molecule has 494 valence electrons. The number of rotatable bonds is 59. The third kappa shape index (κ3) is 48.3. The zero-order valence-electron chi connectivity index (χ0n) is 54.9. The third-order valence-corrected chi connectivity index (χ3v) is 15.9. The van der Waals surface area contributed by atoms with E-state index >= 15 is 0 Å². The molecule has 0 spiro atoms. The molecule has 8 atom stereocenters. The number of unbranched alkanes of at least 4 members (excludes halogenated alkanes) is 29. The van der Waals surface area contributed by atoms with Crippen LogP contribution in [-0.4, -0.2) is 99.6 Å². The Bertz CT molecular complexity index is 1820. The van der Waals surface area contributed by atoms with Crippen molar-refractivity contribution in [1.29, 1.82) is 0 Å². The first-order valence-electron chi connectivity index (χ1n) is 35.2. The molecular weight excluding hydrogens is 1070 g/mol. The van der Waals surface area contributed by atoms with Gasteiger partial charge in [-0.25, -0.2) is 0 Å². The number of amides is 1. The van der Waals surface area contributed by atoms with Gasteiger partial charge >= 0.3 is 5.97 Å². The normalized spacial score (nSPS) is 19.0. The number of aliphatic hydroxyl groups excluding tert-OH is 5. The first kappa shape index (κ1) is 80.3. The van der Waals surface area contributed by atoms with Gasteiger partial charge in [-0.3, -0.25) is 9.59 Å². The molecule has 0 bridgehead atoms. The topological polar surface area (TPSA) is 175 Å². The van der Waals surface area contributed by atoms with Gasteiger partial charge in [0, 0.05) is 6.42 Å². The van der Waals surface area contributed by atoms with Gasteiger partial charge in [0.1, 0.15) is 24.4 Å². The number of allylic oxidation sites excluding steroid dienone is 17. The van der Waals surface area contributed by atoms with E-state index in [1.54, 1.807) is 6.08 Å². The van der Waals surface area contributed by atoms with Gasteiger partial charge in [0.05, 0.1) is 25.4 Å². The molecule has 0 aliphatic carbocycles. The maximum atomic E-state index is 13.5. The van der Waals surface area contributed by atoms with Crippen molar-refractivity contribution in [3.05, 3.63) is 109 Å². The van der Waals surface area contributed by atoms with Crippen molar-refractivity contribution in [3.63, 3.8) is 0 Å². The Morgan fingerprint density at radius 2 is 0.837 bits per heavy atom. The first-order chi connectivity index (χ1) is 42.2. The highest BCUT2D eigenvalue weighted by atomic mass is 16.7. The Morgan fingerprint density at radius 1 is 0.465 bits per heavy atom. The van der Waals surface area contributed by atoms with Crippen LogP contribution in [0.15, 0.2) is 109 Å². The predicted molar refractivity (Wildman–Crippen MR) is 361 cm³/mol. The summed E-state index contributed by atoms with van der Waals surface area (Å²) < 4.78 is 17.6. The molecule has 1 aliphatic heterocycles. The van der Waals surface area contributed by atoms with Crippen molar-refractivity contribution in [3.8, 4) is 0 Å². The highest BCUT2D eigenvalue weighted by Crippen LogP contribution is 2.26. The van der Waals surface area contributed by atoms with Gasteiger partial charge in [-0.05, 0) is 109 Å². The average Bonchev–Trinajstić information content (AvgIpc) is 3.38. The summed E-state index contributed by atoms with van der Waals surface area (Å²) in [5.74, 6) is -1.24. The lowest BCUT2D eigenvalue weighted by Crippen LogP contribution is -2.61. The number of esters is 1. The Hall–Kier alpha value is -3.68. The minimum Gasteiger partial charge on any atom is -0.454 e. The highest BCUT2D eigenvalue weighted by Gasteiger charge is 2.47. The third-order valence-electron chi connectivity index (χ3n) is 15.9. The molecule has 0 aromatic carbocycles. The Kier molecular flexibility index (Phi) is 57.5. The van der Waals surface area contributed by atoms with Crippen LogP contribution in [0.5, 0.6) is 0 Å². The maximum absolute atomic E-state index is 13.5. The van der Waals surface area contributed by atoms with Crippen LogP contribution in [0.4, 0.5) is 0 Å². The van der Waals surface area contributed by atoms with Gasteiger partial charge in [0.2, 0.25) is 5.91 Å². The van der Waals surface area contributed by atoms with E-state index in [2.05, 4.69) is 123 Å². The van der Waals surface area contributed by atoms with E-state index in [1.165, 1.54) is 148 Å². The first-order valence-corrected chi connectivity index (χ1v) is 35.2. The Balaban J connectivity index is 2.61. The van der Waals surface area contributed by atoms with Crippen LogP contribution in [0, 0.1) is 0 Å². The largest absolute Gasteiger partial charge is 0.454 e. The summed E-state index contributed by atoms with van der Waals surface area (Å²) in [6.45, 7) is 5.65. The standard InChI is InChI=1S/C75H129NO10/c1-4-7-10-13-16-19-22-25-27-29-31-33-34-35-37-38-40-42-44-47-50-53-56-59-62-68(79)74(83)76-66(67(78)61-58-55-52-49-46-24-21-18-15-12-9-6-3)65-84-75-73(72(82)71(81)69(64-77)85-75)86-70(80)63-60-57-54-51-48-45-43-41-39-36-32-30-28-26-23-20-17-14-11-8-5-2/h8,11,16-17,19-20,25-28,32,36,41,43,48,51,58,61,66-69,71-73,75,77-79,81-82H,4-7,9-10,12-15,18,21-24,29-31,33-35,37-40,42,44-47,49-50,52-57,59-60,62-65H2,1-3H3,(H,76,83)/b11-8-,19-16-,20-17-,27-25-,28-26-,36-32-,43-41-,51-48-,61-58+. The van der Waals surface area contributed by atoms with Crippen molar-refractivity contribution in [2.24, 2.45) is 0 Å². The van der Waals surface area contributed by atoms with E-state index in [0.29, 0.717) is 12.8 Å². The Labute approximate surface area is 526 Å². The van der Waals surface area contributed by atoms with Crippen LogP contribution in [0.3, 0.4) is 0 Å². The fourth-order valence-electron chi connectivity index (χ4n) is 10.4. The molecular formula is C75H129NO10. The summed E-state index contributed by atoms with van der Waals surface area (Å²) in [5.41, 5.74) is 0. The average molecular weight is 1200 g/mol. The van der Waals surface area contributed by atoms with Crippen LogP contribution < -0.4 is 5.32 Å². The molecule has 1 aliphatic rings. The van der Waals surface area contributed by atoms with Gasteiger partial charge in [0.25, 0.3) is 0 Å². The molecule has 0 aromatic heterocycles. The molecule has 0 aromatic rings. The summed E-state index contributed by atoms with van der Waals surface area (Å²) in [6.07, 6.45) is 74.1. The summed E-state index contributed by atoms with van der Waals surface area (Å²) in [6, 6.07) is -1.04. The van der Waals surface area contributed by atoms with Crippen LogP contribution >= 0.6 is 0 Å². The van der Waals surface area contributed by atoms with Crippen molar-refractivity contribution >= 4 is 11.9 Å². The number of carbonyl (C=O) groups is 2. The van der Waals surface area contributed by atoms with Gasteiger partial charge < -0.3 is 45.1 Å². The fraction of sp³-hybridized carbons (Fsp3) is 0.733. The quantitative estimate of drug-likeness (QED) is 0.0195. The second kappa shape index (κ2) is 61.6. The van der Waals surface area contributed by atoms with Gasteiger partial charge in [-0.2, -0.15) is 0 Å². The Morgan fingerprint density at radius 3 is 1.28 bits per heavy atom. The van der Waals surface area contributed by atoms with E-state index in [-0.39, 0.29) is 19.4 Å². The molecule has 1 fully saturated rings. The summed E-state index contributed by atoms with van der Waals surface area (Å²) >= 11 is 0. The SMILES string of the molecule is CC/C=C\C/C=C\C/C=C\C/C=C\C/C=C\C/C=C\CCCCC(=O)OC1C(OCC(NC(=O)C(O)CCCCCCCCCCCCCCCC/C=C\C/C=C\CCCCC)C(O)/C=C/CCCCCCCCCCCC)OC(CO)C(O)C1O. The second-order valence-electron chi connectivity index (χ2n) is 23.9. The summed E-state index contributed by atoms with van der Waals surface area (Å²) in [7, 11) is 0. The number of nitrogens with one attached hydrogen (secondary N) is 1. The molecule has 1 amide bonds. The molecule has 0 saturated carbocycles. The van der Waals surface area contributed by atoms with Crippen molar-refractivity contribution < 1.29 is 49.3 Å². The second-order valence-corrected chi connectivity index (χ2v) is 23.9. The summed E-state index contributed by atoms with van der Waals surface area (Å²) in [4.78, 5) is 26.7. The van der Waals surface area contributed by atoms with Crippen LogP contribution in [0.2, 0.25) is 0 Å². The van der Waals surface area contributed by atoms with Crippen LogP contribution in [-0.2, 0) is 23.8 Å². The lowest BCUT2D eigenvalue weighted by Gasteiger charge is -2.41. The van der Waals surface area contributed by atoms with Crippen LogP contribution in [0.25, 0.3) is 0 Å². The smallest absolute Gasteiger partial charge is 0.306 e. The van der Waals surface area contributed by atoms with Gasteiger partial charge in [-0.15, -0.1) is 0 Å². The molecule has 86 heavy (non-hydrogen) atoms. The van der Waals surface area contributed by atoms with Crippen LogP contribution in [0.1, 0.15) is 290 Å². The predicted octanol–water partition coefficient (Wildman–Crippen LogP) is 18.0. The molecule has 8 unspecified atom stereocenters. The monoisotopic (exact) mass is 1200 g/mol. The number of hydrogen-bond acceptors (Lipinski definition) is 10. The van der Waals surface area contributed by atoms with E-state index in [0.717, 1.165) is 96.3 Å². The molecule has 1 rings (SSSR count). The van der Waals surface area contributed by atoms with E-state index in [1.807, 2.05) is 6.08 Å². The highest BCUT2D eigenvalue weighted by molar-refractivity contribution is 5.80. The van der Waals surface area contributed by atoms with E-state index in [4.69, 9.17) is 14.2 Å². The lowest BCUT2D eigenvalue weighted by molar-refractivity contribution is -0.305. The zero-order chi connectivity index (χ0) is 62.4. The fourth-order valence-corrected chi connectivity index (χ4v) is 10.4. The summed E-state index contributed by atoms with van der Waals surface area (Å²) in [5, 5.41) is 57.2. The van der Waals surface area contributed by atoms with Crippen molar-refractivity contribution in [1.82, 2.24) is 5.32 Å². The van der Waals surface area contributed by atoms with E-state index < -0.39 is 67.4 Å². The molecule has 11 nitrogen and oxygen atoms in total. The number of aliphatic hydroxyl groups is 5. The number of carbonyl (C=O) groups excluding carboxylic acids is 2. The maximum Gasteiger partial charge on any atom is 0.306 e. The van der Waals surface area contributed by atoms with E-state index in [9.17, 15) is 35.1 Å². The van der Waals surface area contributed by atoms with Crippen molar-refractivity contribution in [2.75, 3.05) is 13.2 Å². The molecule has 0 radical (unpaired) electrons. The minimum atomic E-state index is -1.64. The van der Waals surface area contributed by atoms with Gasteiger partial charge in [0.15, 0.2) is 12.4 Å². The molecule has 11 heteroatoms. The number of hydrogen-bond donors (Lipinski definition) is 6. The molecule has 6 N–H and O–H groups in total. The zero-order valence-corrected chi connectivity index (χ0v) is 54.9. The lowest BCUT2D eigenvalue weighted by atomic mass is 9.99. The van der Waals surface area contributed by atoms with Crippen molar-refractivity contribution in [2.45, 2.75) is 339 Å². The van der Waals surface area contributed by atoms with Gasteiger partial charge in [-0.1, -0.05) is 284 Å².